The number of thioether (sulfide) groups is 2. The number of rotatable bonds is 1. The maximum Gasteiger partial charge on any atom is 0.0694 e. The maximum absolute atomic E-state index is 5.93. The molecule has 0 atom stereocenters. The van der Waals surface area contributed by atoms with Gasteiger partial charge in [-0.1, -0.05) is 23.7 Å². The molecule has 92 valence electrons. The molecule has 1 aliphatic heterocycles. The van der Waals surface area contributed by atoms with E-state index in [1.165, 1.54) is 15.5 Å². The zero-order valence-corrected chi connectivity index (χ0v) is 12.1. The Hall–Kier alpha value is -0.770. The molecule has 0 bridgehead atoms. The molecular formula is C14H12ClNS2. The van der Waals surface area contributed by atoms with Crippen molar-refractivity contribution in [1.82, 2.24) is 0 Å². The lowest BCUT2D eigenvalue weighted by atomic mass is 10.3. The first-order chi connectivity index (χ1) is 8.83. The SMILES string of the molecule is Clc1ccc(N2CSc3ccccc3SC2)cc1. The monoisotopic (exact) mass is 293 g/mol. The van der Waals surface area contributed by atoms with Crippen molar-refractivity contribution in [2.45, 2.75) is 9.79 Å². The molecule has 1 aliphatic rings. The molecule has 2 aromatic rings. The molecule has 4 heteroatoms. The van der Waals surface area contributed by atoms with Gasteiger partial charge in [-0.05, 0) is 36.4 Å². The highest BCUT2D eigenvalue weighted by Crippen LogP contribution is 2.37. The average molecular weight is 294 g/mol. The zero-order valence-electron chi connectivity index (χ0n) is 9.67. The highest BCUT2D eigenvalue weighted by atomic mass is 35.5. The molecule has 0 fully saturated rings. The largest absolute Gasteiger partial charge is 0.352 e. The molecule has 0 saturated carbocycles. The van der Waals surface area contributed by atoms with E-state index in [1.807, 2.05) is 35.7 Å². The quantitative estimate of drug-likeness (QED) is 0.731. The smallest absolute Gasteiger partial charge is 0.0694 e. The third-order valence-electron chi connectivity index (χ3n) is 2.79. The van der Waals surface area contributed by atoms with E-state index >= 15 is 0 Å². The predicted octanol–water partition coefficient (Wildman–Crippen LogP) is 4.96. The maximum atomic E-state index is 5.93. The molecule has 2 aromatic carbocycles. The highest BCUT2D eigenvalue weighted by molar-refractivity contribution is 8.03. The van der Waals surface area contributed by atoms with E-state index in [1.54, 1.807) is 0 Å². The van der Waals surface area contributed by atoms with Crippen molar-refractivity contribution in [1.29, 1.82) is 0 Å². The Bertz CT molecular complexity index is 515. The molecule has 0 spiro atoms. The second-order valence-electron chi connectivity index (χ2n) is 4.01. The molecule has 0 N–H and O–H groups in total. The van der Waals surface area contributed by atoms with Crippen LogP contribution in [0, 0.1) is 0 Å². The van der Waals surface area contributed by atoms with Crippen LogP contribution in [0.2, 0.25) is 5.02 Å². The minimum atomic E-state index is 0.789. The molecule has 0 radical (unpaired) electrons. The van der Waals surface area contributed by atoms with Gasteiger partial charge in [0, 0.05) is 20.5 Å². The molecule has 18 heavy (non-hydrogen) atoms. The molecule has 0 unspecified atom stereocenters. The van der Waals surface area contributed by atoms with Gasteiger partial charge in [-0.25, -0.2) is 0 Å². The Morgan fingerprint density at radius 2 is 1.39 bits per heavy atom. The summed E-state index contributed by atoms with van der Waals surface area (Å²) in [7, 11) is 0. The summed E-state index contributed by atoms with van der Waals surface area (Å²) in [6, 6.07) is 16.7. The van der Waals surface area contributed by atoms with Crippen LogP contribution in [0.5, 0.6) is 0 Å². The lowest BCUT2D eigenvalue weighted by Crippen LogP contribution is -2.20. The molecular weight excluding hydrogens is 282 g/mol. The first-order valence-electron chi connectivity index (χ1n) is 5.68. The molecule has 0 saturated heterocycles. The summed E-state index contributed by atoms with van der Waals surface area (Å²) in [5, 5.41) is 0.789. The minimum Gasteiger partial charge on any atom is -0.352 e. The summed E-state index contributed by atoms with van der Waals surface area (Å²) >= 11 is 9.70. The second-order valence-corrected chi connectivity index (χ2v) is 6.42. The van der Waals surface area contributed by atoms with Crippen LogP contribution in [0.25, 0.3) is 0 Å². The Kier molecular flexibility index (Phi) is 3.73. The van der Waals surface area contributed by atoms with Crippen molar-refractivity contribution < 1.29 is 0 Å². The fourth-order valence-electron chi connectivity index (χ4n) is 1.82. The Morgan fingerprint density at radius 1 is 0.833 bits per heavy atom. The fraction of sp³-hybridized carbons (Fsp3) is 0.143. The van der Waals surface area contributed by atoms with Crippen molar-refractivity contribution in [3.8, 4) is 0 Å². The third-order valence-corrected chi connectivity index (χ3v) is 5.39. The van der Waals surface area contributed by atoms with Gasteiger partial charge in [-0.2, -0.15) is 0 Å². The van der Waals surface area contributed by atoms with Crippen LogP contribution >= 0.6 is 35.1 Å². The predicted molar refractivity (Wildman–Crippen MR) is 81.8 cm³/mol. The van der Waals surface area contributed by atoms with Crippen LogP contribution in [0.3, 0.4) is 0 Å². The number of hydrogen-bond acceptors (Lipinski definition) is 3. The van der Waals surface area contributed by atoms with Crippen molar-refractivity contribution >= 4 is 40.8 Å². The second kappa shape index (κ2) is 5.47. The van der Waals surface area contributed by atoms with E-state index in [4.69, 9.17) is 11.6 Å². The van der Waals surface area contributed by atoms with E-state index in [9.17, 15) is 0 Å². The van der Waals surface area contributed by atoms with Gasteiger partial charge in [0.05, 0.1) is 11.8 Å². The number of anilines is 1. The third kappa shape index (κ3) is 2.63. The summed E-state index contributed by atoms with van der Waals surface area (Å²) < 4.78 is 0. The number of hydrogen-bond donors (Lipinski definition) is 0. The van der Waals surface area contributed by atoms with E-state index in [2.05, 4.69) is 41.3 Å². The van der Waals surface area contributed by atoms with Crippen LogP contribution in [-0.2, 0) is 0 Å². The normalized spacial score (nSPS) is 15.1. The van der Waals surface area contributed by atoms with Gasteiger partial charge in [0.15, 0.2) is 0 Å². The lowest BCUT2D eigenvalue weighted by molar-refractivity contribution is 1.07. The Labute approximate surface area is 121 Å². The van der Waals surface area contributed by atoms with Crippen LogP contribution < -0.4 is 4.90 Å². The van der Waals surface area contributed by atoms with Gasteiger partial charge in [0.1, 0.15) is 0 Å². The summed E-state index contributed by atoms with van der Waals surface area (Å²) in [5.41, 5.74) is 1.23. The molecule has 0 amide bonds. The molecule has 0 aromatic heterocycles. The van der Waals surface area contributed by atoms with Gasteiger partial charge < -0.3 is 4.90 Å². The van der Waals surface area contributed by atoms with Gasteiger partial charge in [0.2, 0.25) is 0 Å². The highest BCUT2D eigenvalue weighted by Gasteiger charge is 2.14. The summed E-state index contributed by atoms with van der Waals surface area (Å²) in [6.45, 7) is 0. The lowest BCUT2D eigenvalue weighted by Gasteiger charge is -2.21. The van der Waals surface area contributed by atoms with Crippen molar-refractivity contribution in [3.63, 3.8) is 0 Å². The summed E-state index contributed by atoms with van der Waals surface area (Å²) in [4.78, 5) is 5.11. The van der Waals surface area contributed by atoms with E-state index < -0.39 is 0 Å². The molecule has 0 aliphatic carbocycles. The number of halogens is 1. The first kappa shape index (κ1) is 12.3. The number of benzene rings is 2. The topological polar surface area (TPSA) is 3.24 Å². The van der Waals surface area contributed by atoms with E-state index in [0.717, 1.165) is 16.8 Å². The van der Waals surface area contributed by atoms with Crippen LogP contribution in [0.4, 0.5) is 5.69 Å². The van der Waals surface area contributed by atoms with Crippen LogP contribution in [-0.4, -0.2) is 11.8 Å². The minimum absolute atomic E-state index is 0.789. The van der Waals surface area contributed by atoms with Crippen molar-refractivity contribution in [2.24, 2.45) is 0 Å². The summed E-state index contributed by atoms with van der Waals surface area (Å²) in [6.07, 6.45) is 0. The first-order valence-corrected chi connectivity index (χ1v) is 8.03. The van der Waals surface area contributed by atoms with E-state index in [-0.39, 0.29) is 0 Å². The zero-order chi connectivity index (χ0) is 12.4. The van der Waals surface area contributed by atoms with Crippen LogP contribution in [0.15, 0.2) is 58.3 Å². The van der Waals surface area contributed by atoms with Crippen molar-refractivity contribution in [2.75, 3.05) is 16.7 Å². The average Bonchev–Trinajstić information content (AvgIpc) is 2.62. The van der Waals surface area contributed by atoms with Gasteiger partial charge in [0.25, 0.3) is 0 Å². The fourth-order valence-corrected chi connectivity index (χ4v) is 4.26. The van der Waals surface area contributed by atoms with Gasteiger partial charge in [-0.3, -0.25) is 0 Å². The molecule has 1 nitrogen and oxygen atoms in total. The summed E-state index contributed by atoms with van der Waals surface area (Å²) in [5.74, 6) is 1.96. The molecule has 1 heterocycles. The Morgan fingerprint density at radius 3 is 1.94 bits per heavy atom. The standard InChI is InChI=1S/C14H12ClNS2/c15-11-5-7-12(8-6-11)16-9-17-13-3-1-2-4-14(13)18-10-16/h1-8H,9-10H2. The van der Waals surface area contributed by atoms with Gasteiger partial charge in [-0.15, -0.1) is 23.5 Å². The van der Waals surface area contributed by atoms with Crippen molar-refractivity contribution in [3.05, 3.63) is 53.6 Å². The number of nitrogens with zero attached hydrogens (tertiary/aromatic N) is 1. The Balaban J connectivity index is 1.80. The van der Waals surface area contributed by atoms with Gasteiger partial charge >= 0.3 is 0 Å². The molecule has 3 rings (SSSR count). The van der Waals surface area contributed by atoms with Crippen LogP contribution in [0.1, 0.15) is 0 Å². The number of fused-ring (bicyclic) bond motifs is 1. The van der Waals surface area contributed by atoms with E-state index in [0.29, 0.717) is 0 Å².